The topological polar surface area (TPSA) is 85.7 Å². The van der Waals surface area contributed by atoms with Gasteiger partial charge in [0.15, 0.2) is 17.2 Å². The Kier molecular flexibility index (Phi) is 6.20. The van der Waals surface area contributed by atoms with E-state index in [9.17, 15) is 13.9 Å². The van der Waals surface area contributed by atoms with Crippen molar-refractivity contribution in [3.63, 3.8) is 0 Å². The Balaban J connectivity index is 1.48. The Morgan fingerprint density at radius 2 is 1.88 bits per heavy atom. The van der Waals surface area contributed by atoms with Gasteiger partial charge in [0.1, 0.15) is 18.1 Å². The van der Waals surface area contributed by atoms with Crippen molar-refractivity contribution < 1.29 is 23.0 Å². The number of halogens is 4. The number of pyridine rings is 1. The Morgan fingerprint density at radius 3 is 2.62 bits per heavy atom. The highest BCUT2D eigenvalue weighted by Crippen LogP contribution is 2.35. The lowest BCUT2D eigenvalue weighted by Gasteiger charge is -2.17. The molecule has 0 aliphatic heterocycles. The molecule has 2 unspecified atom stereocenters. The first-order valence-electron chi connectivity index (χ1n) is 9.64. The van der Waals surface area contributed by atoms with E-state index in [4.69, 9.17) is 22.1 Å². The zero-order chi connectivity index (χ0) is 22.8. The van der Waals surface area contributed by atoms with Gasteiger partial charge in [-0.2, -0.15) is 4.98 Å². The summed E-state index contributed by atoms with van der Waals surface area (Å²) >= 11 is 6.09. The average Bonchev–Trinajstić information content (AvgIpc) is 3.15. The third kappa shape index (κ3) is 4.49. The third-order valence-electron chi connectivity index (χ3n) is 4.91. The van der Waals surface area contributed by atoms with Gasteiger partial charge in [-0.15, -0.1) is 5.10 Å². The molecule has 0 bridgehead atoms. The fourth-order valence-electron chi connectivity index (χ4n) is 3.25. The number of rotatable bonds is 7. The molecule has 0 aliphatic rings. The largest absolute Gasteiger partial charge is 0.489 e. The molecule has 2 atom stereocenters. The van der Waals surface area contributed by atoms with Gasteiger partial charge in [0, 0.05) is 18.2 Å². The average molecular weight is 463 g/mol. The summed E-state index contributed by atoms with van der Waals surface area (Å²) in [5.74, 6) is -1.35. The summed E-state index contributed by atoms with van der Waals surface area (Å²) in [4.78, 5) is 4.05. The molecule has 10 heteroatoms. The summed E-state index contributed by atoms with van der Waals surface area (Å²) in [6, 6.07) is 11.1. The SMILES string of the molecule is Nc1nc2cc(-c3ccc(Cl)c(OCCC(F)C(O)c4ccc(F)cc4)c3F)ccn2n1. The molecule has 0 saturated carbocycles. The van der Waals surface area contributed by atoms with Gasteiger partial charge in [-0.05, 0) is 47.5 Å². The molecule has 32 heavy (non-hydrogen) atoms. The van der Waals surface area contributed by atoms with Crippen molar-refractivity contribution in [2.45, 2.75) is 18.7 Å². The second-order valence-corrected chi connectivity index (χ2v) is 7.48. The summed E-state index contributed by atoms with van der Waals surface area (Å²) in [5.41, 5.74) is 6.95. The molecule has 0 fully saturated rings. The summed E-state index contributed by atoms with van der Waals surface area (Å²) in [7, 11) is 0. The fraction of sp³-hybridized carbons (Fsp3) is 0.182. The molecule has 0 aliphatic carbocycles. The van der Waals surface area contributed by atoms with Crippen molar-refractivity contribution in [3.05, 3.63) is 76.9 Å². The highest BCUT2D eigenvalue weighted by molar-refractivity contribution is 6.32. The Labute approximate surface area is 186 Å². The molecular formula is C22H18ClF3N4O2. The fourth-order valence-corrected chi connectivity index (χ4v) is 3.45. The number of fused-ring (bicyclic) bond motifs is 1. The van der Waals surface area contributed by atoms with Crippen molar-refractivity contribution in [2.24, 2.45) is 0 Å². The van der Waals surface area contributed by atoms with Crippen LogP contribution in [0.25, 0.3) is 16.8 Å². The zero-order valence-electron chi connectivity index (χ0n) is 16.6. The van der Waals surface area contributed by atoms with Crippen LogP contribution in [0.5, 0.6) is 5.75 Å². The molecule has 4 rings (SSSR count). The van der Waals surface area contributed by atoms with Crippen LogP contribution in [0.2, 0.25) is 5.02 Å². The number of nitrogens with two attached hydrogens (primary N) is 1. The lowest BCUT2D eigenvalue weighted by atomic mass is 10.0. The molecule has 0 radical (unpaired) electrons. The maximum Gasteiger partial charge on any atom is 0.240 e. The minimum absolute atomic E-state index is 0.0218. The van der Waals surface area contributed by atoms with Crippen LogP contribution in [0.3, 0.4) is 0 Å². The van der Waals surface area contributed by atoms with Crippen LogP contribution in [0.4, 0.5) is 19.1 Å². The van der Waals surface area contributed by atoms with Crippen LogP contribution in [-0.4, -0.2) is 32.5 Å². The molecule has 6 nitrogen and oxygen atoms in total. The van der Waals surface area contributed by atoms with E-state index in [0.29, 0.717) is 11.2 Å². The number of nitrogen functional groups attached to an aromatic ring is 1. The highest BCUT2D eigenvalue weighted by Gasteiger charge is 2.22. The molecule has 2 heterocycles. The van der Waals surface area contributed by atoms with E-state index in [-0.39, 0.29) is 40.9 Å². The normalized spacial score (nSPS) is 13.3. The maximum atomic E-state index is 15.2. The lowest BCUT2D eigenvalue weighted by Crippen LogP contribution is -2.17. The van der Waals surface area contributed by atoms with Crippen molar-refractivity contribution in [3.8, 4) is 16.9 Å². The molecule has 2 aromatic carbocycles. The summed E-state index contributed by atoms with van der Waals surface area (Å²) in [5, 5.41) is 14.1. The van der Waals surface area contributed by atoms with Crippen LogP contribution >= 0.6 is 11.6 Å². The quantitative estimate of drug-likeness (QED) is 0.414. The number of hydrogen-bond acceptors (Lipinski definition) is 5. The van der Waals surface area contributed by atoms with Crippen LogP contribution in [0.15, 0.2) is 54.7 Å². The molecular weight excluding hydrogens is 445 g/mol. The standard InChI is InChI=1S/C22H18ClF3N4O2/c23-16-6-5-15(13-7-9-30-18(11-13)28-22(27)29-30)19(26)21(16)32-10-8-17(25)20(31)12-1-3-14(24)4-2-12/h1-7,9,11,17,20,31H,8,10H2,(H2,27,29). The Morgan fingerprint density at radius 1 is 1.12 bits per heavy atom. The summed E-state index contributed by atoms with van der Waals surface area (Å²) in [6.45, 7) is -0.237. The molecule has 0 spiro atoms. The van der Waals surface area contributed by atoms with E-state index < -0.39 is 23.9 Å². The van der Waals surface area contributed by atoms with E-state index in [1.165, 1.54) is 28.8 Å². The van der Waals surface area contributed by atoms with Crippen LogP contribution < -0.4 is 10.5 Å². The summed E-state index contributed by atoms with van der Waals surface area (Å²) < 4.78 is 49.4. The highest BCUT2D eigenvalue weighted by atomic mass is 35.5. The van der Waals surface area contributed by atoms with Crippen LogP contribution in [0, 0.1) is 11.6 Å². The monoisotopic (exact) mass is 462 g/mol. The van der Waals surface area contributed by atoms with Gasteiger partial charge in [-0.3, -0.25) is 0 Å². The van der Waals surface area contributed by atoms with Gasteiger partial charge in [0.25, 0.3) is 0 Å². The minimum atomic E-state index is -1.70. The van der Waals surface area contributed by atoms with Gasteiger partial charge in [0.05, 0.1) is 11.6 Å². The summed E-state index contributed by atoms with van der Waals surface area (Å²) in [6.07, 6.45) is -1.81. The first kappa shape index (κ1) is 21.9. The zero-order valence-corrected chi connectivity index (χ0v) is 17.3. The number of nitrogens with zero attached hydrogens (tertiary/aromatic N) is 3. The molecule has 3 N–H and O–H groups in total. The first-order chi connectivity index (χ1) is 15.3. The predicted octanol–water partition coefficient (Wildman–Crippen LogP) is 4.75. The number of alkyl halides is 1. The molecule has 166 valence electrons. The number of hydrogen-bond donors (Lipinski definition) is 2. The minimum Gasteiger partial charge on any atom is -0.489 e. The molecule has 0 amide bonds. The number of aromatic nitrogens is 3. The maximum absolute atomic E-state index is 15.2. The number of aliphatic hydroxyl groups excluding tert-OH is 1. The second-order valence-electron chi connectivity index (χ2n) is 7.08. The molecule has 0 saturated heterocycles. The predicted molar refractivity (Wildman–Crippen MR) is 114 cm³/mol. The van der Waals surface area contributed by atoms with Crippen molar-refractivity contribution in [1.29, 1.82) is 0 Å². The van der Waals surface area contributed by atoms with Gasteiger partial charge < -0.3 is 15.6 Å². The van der Waals surface area contributed by atoms with E-state index in [1.54, 1.807) is 18.3 Å². The van der Waals surface area contributed by atoms with Crippen molar-refractivity contribution >= 4 is 23.2 Å². The van der Waals surface area contributed by atoms with Gasteiger partial charge in [0.2, 0.25) is 5.95 Å². The second kappa shape index (κ2) is 9.05. The van der Waals surface area contributed by atoms with Gasteiger partial charge >= 0.3 is 0 Å². The number of ether oxygens (including phenoxy) is 1. The van der Waals surface area contributed by atoms with E-state index in [0.717, 1.165) is 12.1 Å². The van der Waals surface area contributed by atoms with E-state index in [1.807, 2.05) is 0 Å². The van der Waals surface area contributed by atoms with Crippen LogP contribution in [0.1, 0.15) is 18.1 Å². The lowest BCUT2D eigenvalue weighted by molar-refractivity contribution is 0.0628. The smallest absolute Gasteiger partial charge is 0.240 e. The van der Waals surface area contributed by atoms with Crippen LogP contribution in [-0.2, 0) is 0 Å². The Hall–Kier alpha value is -3.30. The molecule has 2 aromatic heterocycles. The van der Waals surface area contributed by atoms with Gasteiger partial charge in [-0.1, -0.05) is 23.7 Å². The Bertz CT molecular complexity index is 1250. The molecule has 4 aromatic rings. The van der Waals surface area contributed by atoms with Crippen molar-refractivity contribution in [2.75, 3.05) is 12.3 Å². The number of aliphatic hydroxyl groups is 1. The van der Waals surface area contributed by atoms with Crippen molar-refractivity contribution in [1.82, 2.24) is 14.6 Å². The van der Waals surface area contributed by atoms with E-state index in [2.05, 4.69) is 10.1 Å². The number of benzene rings is 2. The van der Waals surface area contributed by atoms with Gasteiger partial charge in [-0.25, -0.2) is 17.7 Å². The van der Waals surface area contributed by atoms with E-state index >= 15 is 4.39 Å². The number of anilines is 1. The third-order valence-corrected chi connectivity index (χ3v) is 5.21. The first-order valence-corrected chi connectivity index (χ1v) is 10.0.